The Hall–Kier alpha value is -1.35. The van der Waals surface area contributed by atoms with Gasteiger partial charge < -0.3 is 5.73 Å². The fraction of sp³-hybridized carbons (Fsp3) is 0.333. The molecule has 0 atom stereocenters. The number of thiazole rings is 1. The molecule has 0 radical (unpaired) electrons. The van der Waals surface area contributed by atoms with Gasteiger partial charge in [0.1, 0.15) is 0 Å². The van der Waals surface area contributed by atoms with E-state index in [1.165, 1.54) is 23.6 Å². The lowest BCUT2D eigenvalue weighted by molar-refractivity contribution is 0.577. The van der Waals surface area contributed by atoms with Gasteiger partial charge in [-0.3, -0.25) is 0 Å². The Morgan fingerprint density at radius 2 is 2.20 bits per heavy atom. The molecular weight excluding hydrogens is 296 g/mol. The molecule has 0 aromatic carbocycles. The van der Waals surface area contributed by atoms with Crippen LogP contribution in [-0.4, -0.2) is 24.9 Å². The van der Waals surface area contributed by atoms with Crippen molar-refractivity contribution in [2.24, 2.45) is 5.73 Å². The van der Waals surface area contributed by atoms with Crippen molar-refractivity contribution < 1.29 is 8.42 Å². The van der Waals surface area contributed by atoms with E-state index in [0.29, 0.717) is 19.5 Å². The minimum Gasteiger partial charge on any atom is -0.326 e. The van der Waals surface area contributed by atoms with E-state index in [1.807, 2.05) is 12.3 Å². The summed E-state index contributed by atoms with van der Waals surface area (Å²) < 4.78 is 26.5. The summed E-state index contributed by atoms with van der Waals surface area (Å²) in [6.07, 6.45) is 2.04. The van der Waals surface area contributed by atoms with E-state index in [2.05, 4.69) is 14.7 Å². The van der Waals surface area contributed by atoms with Crippen LogP contribution >= 0.6 is 11.3 Å². The molecule has 0 saturated carbocycles. The monoisotopic (exact) mass is 312 g/mol. The molecule has 2 rings (SSSR count). The Morgan fingerprint density at radius 1 is 1.40 bits per heavy atom. The summed E-state index contributed by atoms with van der Waals surface area (Å²) in [5, 5.41) is 2.86. The number of sulfonamides is 1. The number of aryl methyl sites for hydroxylation is 1. The second-order valence-corrected chi connectivity index (χ2v) is 6.90. The van der Waals surface area contributed by atoms with Crippen LogP contribution < -0.4 is 10.5 Å². The zero-order valence-electron chi connectivity index (χ0n) is 11.0. The van der Waals surface area contributed by atoms with Gasteiger partial charge in [-0.2, -0.15) is 0 Å². The lowest BCUT2D eigenvalue weighted by Gasteiger charge is -2.05. The number of nitrogens with one attached hydrogen (secondary N) is 1. The van der Waals surface area contributed by atoms with Crippen molar-refractivity contribution in [3.05, 3.63) is 40.0 Å². The Labute approximate surface area is 122 Å². The maximum Gasteiger partial charge on any atom is 0.258 e. The molecule has 0 aliphatic carbocycles. The van der Waals surface area contributed by atoms with Crippen molar-refractivity contribution in [2.75, 3.05) is 6.54 Å². The Balaban J connectivity index is 1.96. The van der Waals surface area contributed by atoms with E-state index in [1.54, 1.807) is 6.07 Å². The number of hydrogen-bond acceptors (Lipinski definition) is 6. The molecule has 0 fully saturated rings. The molecule has 8 heteroatoms. The molecule has 0 spiro atoms. The highest BCUT2D eigenvalue weighted by Crippen LogP contribution is 2.10. The SMILES string of the molecule is Cc1csc(CCNS(=O)(=O)c2ccc(CN)cn2)n1. The fourth-order valence-corrected chi connectivity index (χ4v) is 3.31. The van der Waals surface area contributed by atoms with Crippen LogP contribution in [0.25, 0.3) is 0 Å². The molecule has 2 aromatic heterocycles. The van der Waals surface area contributed by atoms with Gasteiger partial charge in [-0.15, -0.1) is 11.3 Å². The average molecular weight is 312 g/mol. The molecule has 2 aromatic rings. The van der Waals surface area contributed by atoms with Crippen LogP contribution in [0, 0.1) is 6.92 Å². The topological polar surface area (TPSA) is 98.0 Å². The van der Waals surface area contributed by atoms with E-state index in [0.717, 1.165) is 16.3 Å². The molecule has 6 nitrogen and oxygen atoms in total. The highest BCUT2D eigenvalue weighted by atomic mass is 32.2. The van der Waals surface area contributed by atoms with Gasteiger partial charge >= 0.3 is 0 Å². The Morgan fingerprint density at radius 3 is 2.75 bits per heavy atom. The number of pyridine rings is 1. The maximum absolute atomic E-state index is 12.0. The van der Waals surface area contributed by atoms with Gasteiger partial charge in [-0.05, 0) is 18.6 Å². The molecule has 0 bridgehead atoms. The second kappa shape index (κ2) is 6.40. The van der Waals surface area contributed by atoms with Crippen LogP contribution in [0.3, 0.4) is 0 Å². The number of aromatic nitrogens is 2. The van der Waals surface area contributed by atoms with Crippen molar-refractivity contribution in [3.8, 4) is 0 Å². The van der Waals surface area contributed by atoms with Gasteiger partial charge in [-0.25, -0.2) is 23.1 Å². The molecule has 0 aliphatic rings. The lowest BCUT2D eigenvalue weighted by Crippen LogP contribution is -2.26. The predicted octanol–water partition coefficient (Wildman–Crippen LogP) is 0.826. The number of rotatable bonds is 6. The van der Waals surface area contributed by atoms with Gasteiger partial charge in [-0.1, -0.05) is 6.07 Å². The highest BCUT2D eigenvalue weighted by molar-refractivity contribution is 7.89. The Kier molecular flexibility index (Phi) is 4.81. The number of hydrogen-bond donors (Lipinski definition) is 2. The molecule has 0 aliphatic heterocycles. The summed E-state index contributed by atoms with van der Waals surface area (Å²) in [6, 6.07) is 3.11. The largest absolute Gasteiger partial charge is 0.326 e. The first-order valence-corrected chi connectivity index (χ1v) is 8.43. The third-order valence-electron chi connectivity index (χ3n) is 2.61. The normalized spacial score (nSPS) is 11.7. The maximum atomic E-state index is 12.0. The van der Waals surface area contributed by atoms with E-state index < -0.39 is 10.0 Å². The fourth-order valence-electron chi connectivity index (χ4n) is 1.57. The van der Waals surface area contributed by atoms with Crippen LogP contribution in [0.5, 0.6) is 0 Å². The minimum absolute atomic E-state index is 0.00465. The smallest absolute Gasteiger partial charge is 0.258 e. The van der Waals surface area contributed by atoms with Crippen LogP contribution in [-0.2, 0) is 23.0 Å². The van der Waals surface area contributed by atoms with Crippen LogP contribution in [0.15, 0.2) is 28.7 Å². The Bertz CT molecular complexity index is 665. The lowest BCUT2D eigenvalue weighted by atomic mass is 10.3. The minimum atomic E-state index is -3.57. The van der Waals surface area contributed by atoms with Crippen molar-refractivity contribution in [1.29, 1.82) is 0 Å². The molecule has 20 heavy (non-hydrogen) atoms. The zero-order chi connectivity index (χ0) is 14.6. The summed E-state index contributed by atoms with van der Waals surface area (Å²) in [5.41, 5.74) is 7.19. The first kappa shape index (κ1) is 15.0. The number of nitrogens with zero attached hydrogens (tertiary/aromatic N) is 2. The standard InChI is InChI=1S/C12H16N4O2S2/c1-9-8-19-11(16-9)4-5-15-20(17,18)12-3-2-10(6-13)7-14-12/h2-3,7-8,15H,4-6,13H2,1H3. The third kappa shape index (κ3) is 3.83. The first-order chi connectivity index (χ1) is 9.51. The second-order valence-electron chi connectivity index (χ2n) is 4.24. The molecule has 0 unspecified atom stereocenters. The molecule has 2 heterocycles. The molecule has 3 N–H and O–H groups in total. The van der Waals surface area contributed by atoms with Crippen LogP contribution in [0.4, 0.5) is 0 Å². The van der Waals surface area contributed by atoms with E-state index in [4.69, 9.17) is 5.73 Å². The summed E-state index contributed by atoms with van der Waals surface area (Å²) in [5.74, 6) is 0. The zero-order valence-corrected chi connectivity index (χ0v) is 12.7. The van der Waals surface area contributed by atoms with Crippen LogP contribution in [0.1, 0.15) is 16.3 Å². The van der Waals surface area contributed by atoms with Crippen LogP contribution in [0.2, 0.25) is 0 Å². The molecular formula is C12H16N4O2S2. The molecule has 108 valence electrons. The molecule has 0 amide bonds. The molecule has 0 saturated heterocycles. The van der Waals surface area contributed by atoms with Crippen molar-refractivity contribution >= 4 is 21.4 Å². The van der Waals surface area contributed by atoms with E-state index in [-0.39, 0.29) is 5.03 Å². The van der Waals surface area contributed by atoms with Gasteiger partial charge in [0.15, 0.2) is 5.03 Å². The quantitative estimate of drug-likeness (QED) is 0.823. The van der Waals surface area contributed by atoms with Crippen molar-refractivity contribution in [3.63, 3.8) is 0 Å². The van der Waals surface area contributed by atoms with E-state index in [9.17, 15) is 8.42 Å². The van der Waals surface area contributed by atoms with Gasteiger partial charge in [0.05, 0.1) is 5.01 Å². The summed E-state index contributed by atoms with van der Waals surface area (Å²) in [4.78, 5) is 8.19. The summed E-state index contributed by atoms with van der Waals surface area (Å²) in [7, 11) is -3.57. The first-order valence-electron chi connectivity index (χ1n) is 6.07. The van der Waals surface area contributed by atoms with Gasteiger partial charge in [0.25, 0.3) is 10.0 Å². The van der Waals surface area contributed by atoms with Crippen molar-refractivity contribution in [2.45, 2.75) is 24.9 Å². The van der Waals surface area contributed by atoms with Gasteiger partial charge in [0.2, 0.25) is 0 Å². The van der Waals surface area contributed by atoms with Crippen molar-refractivity contribution in [1.82, 2.24) is 14.7 Å². The number of nitrogens with two attached hydrogens (primary N) is 1. The third-order valence-corrected chi connectivity index (χ3v) is 5.01. The van der Waals surface area contributed by atoms with E-state index >= 15 is 0 Å². The van der Waals surface area contributed by atoms with Gasteiger partial charge in [0, 0.05) is 36.8 Å². The predicted molar refractivity (Wildman–Crippen MR) is 77.9 cm³/mol. The summed E-state index contributed by atoms with van der Waals surface area (Å²) in [6.45, 7) is 2.55. The average Bonchev–Trinajstić information content (AvgIpc) is 2.84. The highest BCUT2D eigenvalue weighted by Gasteiger charge is 2.15. The summed E-state index contributed by atoms with van der Waals surface area (Å²) >= 11 is 1.53.